The number of carbonyl (C=O) groups is 1. The molecule has 1 aliphatic heterocycles. The fraction of sp³-hybridized carbons (Fsp3) is 0.750. The topological polar surface area (TPSA) is 49.8 Å². The Morgan fingerprint density at radius 3 is 2.81 bits per heavy atom. The molecule has 0 aliphatic carbocycles. The number of ether oxygens (including phenoxy) is 1. The van der Waals surface area contributed by atoms with E-state index in [-0.39, 0.29) is 18.6 Å². The van der Waals surface area contributed by atoms with Gasteiger partial charge in [0.15, 0.2) is 0 Å². The van der Waals surface area contributed by atoms with E-state index < -0.39 is 5.60 Å². The van der Waals surface area contributed by atoms with Gasteiger partial charge in [0.1, 0.15) is 12.2 Å². The van der Waals surface area contributed by atoms with Crippen molar-refractivity contribution in [2.24, 2.45) is 5.92 Å². The average molecular weight is 225 g/mol. The molecule has 1 rings (SSSR count). The molecule has 1 N–H and O–H groups in total. The highest BCUT2D eigenvalue weighted by Gasteiger charge is 2.28. The fourth-order valence-corrected chi connectivity index (χ4v) is 1.56. The highest BCUT2D eigenvalue weighted by molar-refractivity contribution is 5.68. The number of aliphatic hydroxyl groups excluding tert-OH is 1. The van der Waals surface area contributed by atoms with Crippen molar-refractivity contribution in [2.75, 3.05) is 19.7 Å². The first kappa shape index (κ1) is 12.9. The standard InChI is InChI=1S/C12H19NO3/c1-12(2,3)16-11(15)13-7-6-10(9-13)5-4-8-14/h10,14H,6-9H2,1-3H3. The van der Waals surface area contributed by atoms with Gasteiger partial charge in [-0.05, 0) is 27.2 Å². The number of rotatable bonds is 0. The second kappa shape index (κ2) is 5.22. The molecule has 16 heavy (non-hydrogen) atoms. The van der Waals surface area contributed by atoms with Gasteiger partial charge in [0.05, 0.1) is 0 Å². The Bertz CT molecular complexity index is 308. The summed E-state index contributed by atoms with van der Waals surface area (Å²) >= 11 is 0. The van der Waals surface area contributed by atoms with Crippen LogP contribution in [-0.4, -0.2) is 41.4 Å². The monoisotopic (exact) mass is 225 g/mol. The molecule has 1 heterocycles. The lowest BCUT2D eigenvalue weighted by atomic mass is 10.1. The first-order valence-corrected chi connectivity index (χ1v) is 5.49. The third-order valence-corrected chi connectivity index (χ3v) is 2.23. The lowest BCUT2D eigenvalue weighted by Crippen LogP contribution is -2.35. The third kappa shape index (κ3) is 4.11. The van der Waals surface area contributed by atoms with Crippen molar-refractivity contribution < 1.29 is 14.6 Å². The second-order valence-corrected chi connectivity index (χ2v) is 4.89. The van der Waals surface area contributed by atoms with E-state index in [1.54, 1.807) is 4.90 Å². The van der Waals surface area contributed by atoms with Gasteiger partial charge in [0, 0.05) is 19.0 Å². The van der Waals surface area contributed by atoms with E-state index in [0.29, 0.717) is 13.1 Å². The minimum atomic E-state index is -0.452. The van der Waals surface area contributed by atoms with Crippen LogP contribution in [0, 0.1) is 17.8 Å². The molecule has 90 valence electrons. The average Bonchev–Trinajstić information content (AvgIpc) is 2.60. The van der Waals surface area contributed by atoms with Crippen molar-refractivity contribution >= 4 is 6.09 Å². The third-order valence-electron chi connectivity index (χ3n) is 2.23. The summed E-state index contributed by atoms with van der Waals surface area (Å²) < 4.78 is 5.26. The number of nitrogens with zero attached hydrogens (tertiary/aromatic N) is 1. The zero-order valence-corrected chi connectivity index (χ0v) is 10.1. The number of hydrogen-bond donors (Lipinski definition) is 1. The van der Waals surface area contributed by atoms with Gasteiger partial charge < -0.3 is 14.7 Å². The van der Waals surface area contributed by atoms with Gasteiger partial charge in [0.25, 0.3) is 0 Å². The van der Waals surface area contributed by atoms with E-state index in [9.17, 15) is 4.79 Å². The van der Waals surface area contributed by atoms with Crippen molar-refractivity contribution in [1.82, 2.24) is 4.90 Å². The number of aliphatic hydroxyl groups is 1. The van der Waals surface area contributed by atoms with Crippen molar-refractivity contribution in [3.05, 3.63) is 0 Å². The van der Waals surface area contributed by atoms with E-state index in [1.807, 2.05) is 20.8 Å². The second-order valence-electron chi connectivity index (χ2n) is 4.89. The molecule has 0 radical (unpaired) electrons. The first-order valence-electron chi connectivity index (χ1n) is 5.49. The smallest absolute Gasteiger partial charge is 0.410 e. The molecule has 1 aliphatic rings. The van der Waals surface area contributed by atoms with Gasteiger partial charge >= 0.3 is 6.09 Å². The van der Waals surface area contributed by atoms with Crippen LogP contribution in [0.2, 0.25) is 0 Å². The highest BCUT2D eigenvalue weighted by Crippen LogP contribution is 2.18. The molecule has 4 heteroatoms. The largest absolute Gasteiger partial charge is 0.444 e. The van der Waals surface area contributed by atoms with Crippen LogP contribution in [0.25, 0.3) is 0 Å². The summed E-state index contributed by atoms with van der Waals surface area (Å²) in [6.07, 6.45) is 0.576. The maximum Gasteiger partial charge on any atom is 0.410 e. The van der Waals surface area contributed by atoms with Crippen LogP contribution >= 0.6 is 0 Å². The van der Waals surface area contributed by atoms with Crippen LogP contribution in [0.3, 0.4) is 0 Å². The van der Waals surface area contributed by atoms with Gasteiger partial charge in [0.2, 0.25) is 0 Å². The Balaban J connectivity index is 2.44. The zero-order valence-electron chi connectivity index (χ0n) is 10.1. The van der Waals surface area contributed by atoms with Crippen LogP contribution in [-0.2, 0) is 4.74 Å². The minimum absolute atomic E-state index is 0.122. The molecule has 1 amide bonds. The highest BCUT2D eigenvalue weighted by atomic mass is 16.6. The molecule has 1 saturated heterocycles. The van der Waals surface area contributed by atoms with Crippen molar-refractivity contribution in [3.8, 4) is 11.8 Å². The van der Waals surface area contributed by atoms with Crippen molar-refractivity contribution in [3.63, 3.8) is 0 Å². The molecule has 1 atom stereocenters. The quantitative estimate of drug-likeness (QED) is 0.631. The van der Waals surface area contributed by atoms with Gasteiger partial charge in [-0.1, -0.05) is 11.8 Å². The Hall–Kier alpha value is -1.21. The Morgan fingerprint density at radius 1 is 1.56 bits per heavy atom. The Kier molecular flexibility index (Phi) is 4.19. The lowest BCUT2D eigenvalue weighted by Gasteiger charge is -2.24. The summed E-state index contributed by atoms with van der Waals surface area (Å²) in [7, 11) is 0. The van der Waals surface area contributed by atoms with Gasteiger partial charge in [-0.15, -0.1) is 0 Å². The Morgan fingerprint density at radius 2 is 2.25 bits per heavy atom. The molecular weight excluding hydrogens is 206 g/mol. The molecule has 0 spiro atoms. The maximum atomic E-state index is 11.7. The summed E-state index contributed by atoms with van der Waals surface area (Å²) in [6, 6.07) is 0. The predicted molar refractivity (Wildman–Crippen MR) is 60.8 cm³/mol. The van der Waals surface area contributed by atoms with Gasteiger partial charge in [-0.2, -0.15) is 0 Å². The summed E-state index contributed by atoms with van der Waals surface area (Å²) in [5.74, 6) is 5.72. The first-order chi connectivity index (χ1) is 7.42. The van der Waals surface area contributed by atoms with E-state index in [1.165, 1.54) is 0 Å². The zero-order chi connectivity index (χ0) is 12.2. The number of amides is 1. The Labute approximate surface area is 96.6 Å². The fourth-order valence-electron chi connectivity index (χ4n) is 1.56. The minimum Gasteiger partial charge on any atom is -0.444 e. The maximum absolute atomic E-state index is 11.7. The van der Waals surface area contributed by atoms with Crippen LogP contribution < -0.4 is 0 Å². The molecular formula is C12H19NO3. The molecule has 0 bridgehead atoms. The van der Waals surface area contributed by atoms with E-state index in [0.717, 1.165) is 6.42 Å². The van der Waals surface area contributed by atoms with E-state index >= 15 is 0 Å². The van der Waals surface area contributed by atoms with Gasteiger partial charge in [-0.25, -0.2) is 4.79 Å². The lowest BCUT2D eigenvalue weighted by molar-refractivity contribution is 0.0291. The number of likely N-dealkylation sites (tertiary alicyclic amines) is 1. The van der Waals surface area contributed by atoms with Crippen molar-refractivity contribution in [2.45, 2.75) is 32.8 Å². The molecule has 1 fully saturated rings. The SMILES string of the molecule is CC(C)(C)OC(=O)N1CCC(C#CCO)C1. The summed E-state index contributed by atoms with van der Waals surface area (Å²) in [4.78, 5) is 13.4. The summed E-state index contributed by atoms with van der Waals surface area (Å²) in [6.45, 7) is 6.71. The van der Waals surface area contributed by atoms with Crippen molar-refractivity contribution in [1.29, 1.82) is 0 Å². The predicted octanol–water partition coefficient (Wildman–Crippen LogP) is 1.24. The summed E-state index contributed by atoms with van der Waals surface area (Å²) in [5.41, 5.74) is -0.452. The van der Waals surface area contributed by atoms with Crippen LogP contribution in [0.4, 0.5) is 4.79 Å². The van der Waals surface area contributed by atoms with Crippen LogP contribution in [0.5, 0.6) is 0 Å². The van der Waals surface area contributed by atoms with Gasteiger partial charge in [-0.3, -0.25) is 0 Å². The van der Waals surface area contributed by atoms with Crippen LogP contribution in [0.1, 0.15) is 27.2 Å². The molecule has 0 saturated carbocycles. The normalized spacial score (nSPS) is 20.2. The number of hydrogen-bond acceptors (Lipinski definition) is 3. The molecule has 0 aromatic rings. The number of carbonyl (C=O) groups excluding carboxylic acids is 1. The van der Waals surface area contributed by atoms with Crippen LogP contribution in [0.15, 0.2) is 0 Å². The summed E-state index contributed by atoms with van der Waals surface area (Å²) in [5, 5.41) is 8.58. The van der Waals surface area contributed by atoms with E-state index in [4.69, 9.17) is 9.84 Å². The molecule has 1 unspecified atom stereocenters. The molecule has 0 aromatic heterocycles. The molecule has 4 nitrogen and oxygen atoms in total. The molecule has 0 aromatic carbocycles. The van der Waals surface area contributed by atoms with E-state index in [2.05, 4.69) is 11.8 Å².